The van der Waals surface area contributed by atoms with E-state index in [4.69, 9.17) is 0 Å². The number of nitrogens with zero attached hydrogens (tertiary/aromatic N) is 4. The van der Waals surface area contributed by atoms with E-state index in [1.54, 1.807) is 0 Å². The number of amides is 2. The summed E-state index contributed by atoms with van der Waals surface area (Å²) in [7, 11) is 0. The van der Waals surface area contributed by atoms with Gasteiger partial charge in [0.1, 0.15) is 0 Å². The monoisotopic (exact) mass is 367 g/mol. The van der Waals surface area contributed by atoms with Gasteiger partial charge < -0.3 is 10.2 Å². The molecule has 0 spiro atoms. The zero-order valence-corrected chi connectivity index (χ0v) is 16.5. The van der Waals surface area contributed by atoms with Crippen molar-refractivity contribution in [2.24, 2.45) is 0 Å². The summed E-state index contributed by atoms with van der Waals surface area (Å²) < 4.78 is 1.92. The SMILES string of the molecule is Cc1cc(C)n(-c2ccc(NC(=O)N3CC(N4CCCC[C@H]4C)C3)cc2)n1. The lowest BCUT2D eigenvalue weighted by Gasteiger charge is -2.49. The molecule has 6 heteroatoms. The number of piperidine rings is 1. The van der Waals surface area contributed by atoms with Gasteiger partial charge in [0.05, 0.1) is 11.4 Å². The molecule has 0 aliphatic carbocycles. The molecule has 0 unspecified atom stereocenters. The van der Waals surface area contributed by atoms with E-state index in [9.17, 15) is 4.79 Å². The number of hydrogen-bond acceptors (Lipinski definition) is 3. The molecule has 144 valence electrons. The largest absolute Gasteiger partial charge is 0.321 e. The van der Waals surface area contributed by atoms with E-state index < -0.39 is 0 Å². The lowest BCUT2D eigenvalue weighted by molar-refractivity contribution is 0.0199. The maximum atomic E-state index is 12.5. The Kier molecular flexibility index (Phi) is 4.91. The smallest absolute Gasteiger partial charge is 0.321 e. The third-order valence-electron chi connectivity index (χ3n) is 5.85. The van der Waals surface area contributed by atoms with Gasteiger partial charge in [0.2, 0.25) is 0 Å². The fourth-order valence-corrected chi connectivity index (χ4v) is 4.27. The predicted molar refractivity (Wildman–Crippen MR) is 107 cm³/mol. The summed E-state index contributed by atoms with van der Waals surface area (Å²) in [5.41, 5.74) is 3.92. The Morgan fingerprint density at radius 2 is 1.89 bits per heavy atom. The number of carbonyl (C=O) groups excluding carboxylic acids is 1. The maximum absolute atomic E-state index is 12.5. The van der Waals surface area contributed by atoms with Crippen molar-refractivity contribution in [3.63, 3.8) is 0 Å². The molecule has 1 aromatic carbocycles. The van der Waals surface area contributed by atoms with E-state index in [-0.39, 0.29) is 6.03 Å². The molecule has 0 radical (unpaired) electrons. The zero-order chi connectivity index (χ0) is 19.0. The molecule has 2 aliphatic heterocycles. The van der Waals surface area contributed by atoms with E-state index in [1.807, 2.05) is 47.7 Å². The van der Waals surface area contributed by atoms with Crippen LogP contribution in [-0.4, -0.2) is 57.3 Å². The Balaban J connectivity index is 1.32. The van der Waals surface area contributed by atoms with Gasteiger partial charge in [0.25, 0.3) is 0 Å². The summed E-state index contributed by atoms with van der Waals surface area (Å²) in [5, 5.41) is 7.51. The molecule has 27 heavy (non-hydrogen) atoms. The molecule has 6 nitrogen and oxygen atoms in total. The molecule has 1 atom stereocenters. The van der Waals surface area contributed by atoms with Crippen LogP contribution in [0.3, 0.4) is 0 Å². The van der Waals surface area contributed by atoms with Crippen LogP contribution >= 0.6 is 0 Å². The quantitative estimate of drug-likeness (QED) is 0.902. The van der Waals surface area contributed by atoms with Crippen molar-refractivity contribution in [1.82, 2.24) is 19.6 Å². The Morgan fingerprint density at radius 1 is 1.15 bits per heavy atom. The minimum absolute atomic E-state index is 0.00484. The minimum Gasteiger partial charge on any atom is -0.321 e. The number of nitrogens with one attached hydrogen (secondary N) is 1. The van der Waals surface area contributed by atoms with Gasteiger partial charge in [-0.05, 0) is 70.5 Å². The highest BCUT2D eigenvalue weighted by Gasteiger charge is 2.37. The molecule has 0 bridgehead atoms. The third-order valence-corrected chi connectivity index (χ3v) is 5.85. The first kappa shape index (κ1) is 18.0. The highest BCUT2D eigenvalue weighted by molar-refractivity contribution is 5.90. The fourth-order valence-electron chi connectivity index (χ4n) is 4.27. The second-order valence-corrected chi connectivity index (χ2v) is 7.96. The highest BCUT2D eigenvalue weighted by Crippen LogP contribution is 2.25. The number of aromatic nitrogens is 2. The summed E-state index contributed by atoms with van der Waals surface area (Å²) in [6.45, 7) is 9.18. The minimum atomic E-state index is -0.00484. The normalized spacial score (nSPS) is 21.1. The van der Waals surface area contributed by atoms with Crippen LogP contribution in [0.2, 0.25) is 0 Å². The number of aryl methyl sites for hydroxylation is 2. The number of hydrogen-bond donors (Lipinski definition) is 1. The van der Waals surface area contributed by atoms with E-state index >= 15 is 0 Å². The molecule has 2 amide bonds. The molecular formula is C21H29N5O. The molecule has 1 aromatic heterocycles. The lowest BCUT2D eigenvalue weighted by atomic mass is 9.98. The van der Waals surface area contributed by atoms with Crippen molar-refractivity contribution in [1.29, 1.82) is 0 Å². The standard InChI is InChI=1S/C21H29N5O/c1-15-12-17(3)26(23-15)19-9-7-18(8-10-19)22-21(27)24-13-20(14-24)25-11-5-4-6-16(25)2/h7-10,12,16,20H,4-6,11,13-14H2,1-3H3,(H,22,27)/t16-/m1/s1. The lowest BCUT2D eigenvalue weighted by Crippen LogP contribution is -2.64. The molecule has 2 saturated heterocycles. The van der Waals surface area contributed by atoms with Crippen LogP contribution in [0.1, 0.15) is 37.6 Å². The Bertz CT molecular complexity index is 806. The molecule has 1 N–H and O–H groups in total. The fraction of sp³-hybridized carbons (Fsp3) is 0.524. The molecule has 3 heterocycles. The van der Waals surface area contributed by atoms with Gasteiger partial charge in [-0.2, -0.15) is 5.10 Å². The maximum Gasteiger partial charge on any atom is 0.321 e. The number of anilines is 1. The van der Waals surface area contributed by atoms with Crippen molar-refractivity contribution < 1.29 is 4.79 Å². The first-order valence-electron chi connectivity index (χ1n) is 9.96. The van der Waals surface area contributed by atoms with Crippen LogP contribution in [-0.2, 0) is 0 Å². The predicted octanol–water partition coefficient (Wildman–Crippen LogP) is 3.58. The van der Waals surface area contributed by atoms with Gasteiger partial charge >= 0.3 is 6.03 Å². The molecule has 4 rings (SSSR count). The number of urea groups is 1. The number of rotatable bonds is 3. The summed E-state index contributed by atoms with van der Waals surface area (Å²) in [4.78, 5) is 17.0. The van der Waals surface area contributed by atoms with E-state index in [1.165, 1.54) is 25.8 Å². The molecular weight excluding hydrogens is 338 g/mol. The van der Waals surface area contributed by atoms with E-state index in [2.05, 4.69) is 28.3 Å². The summed E-state index contributed by atoms with van der Waals surface area (Å²) in [6, 6.07) is 11.1. The second kappa shape index (κ2) is 7.35. The summed E-state index contributed by atoms with van der Waals surface area (Å²) >= 11 is 0. The van der Waals surface area contributed by atoms with Crippen molar-refractivity contribution in [2.45, 2.75) is 52.1 Å². The molecule has 2 aromatic rings. The van der Waals surface area contributed by atoms with Crippen molar-refractivity contribution in [2.75, 3.05) is 25.0 Å². The Labute approximate surface area is 161 Å². The van der Waals surface area contributed by atoms with Gasteiger partial charge in [-0.15, -0.1) is 0 Å². The first-order valence-corrected chi connectivity index (χ1v) is 9.96. The van der Waals surface area contributed by atoms with Crippen molar-refractivity contribution in [3.8, 4) is 5.69 Å². The van der Waals surface area contributed by atoms with E-state index in [0.29, 0.717) is 12.1 Å². The van der Waals surface area contributed by atoms with Gasteiger partial charge in [0.15, 0.2) is 0 Å². The first-order chi connectivity index (χ1) is 13.0. The highest BCUT2D eigenvalue weighted by atomic mass is 16.2. The Morgan fingerprint density at radius 3 is 2.52 bits per heavy atom. The van der Waals surface area contributed by atoms with Gasteiger partial charge in [-0.1, -0.05) is 6.42 Å². The average molecular weight is 367 g/mol. The summed E-state index contributed by atoms with van der Waals surface area (Å²) in [6.07, 6.45) is 3.90. The van der Waals surface area contributed by atoms with Crippen LogP contribution in [0.15, 0.2) is 30.3 Å². The number of carbonyl (C=O) groups is 1. The zero-order valence-electron chi connectivity index (χ0n) is 16.5. The summed E-state index contributed by atoms with van der Waals surface area (Å²) in [5.74, 6) is 0. The van der Waals surface area contributed by atoms with E-state index in [0.717, 1.165) is 35.9 Å². The van der Waals surface area contributed by atoms with Crippen LogP contribution in [0.25, 0.3) is 5.69 Å². The van der Waals surface area contributed by atoms with Gasteiger partial charge in [0, 0.05) is 36.6 Å². The topological polar surface area (TPSA) is 53.4 Å². The molecule has 2 fully saturated rings. The van der Waals surface area contributed by atoms with Gasteiger partial charge in [-0.25, -0.2) is 9.48 Å². The van der Waals surface area contributed by atoms with Crippen LogP contribution in [0, 0.1) is 13.8 Å². The van der Waals surface area contributed by atoms with Crippen LogP contribution in [0.4, 0.5) is 10.5 Å². The third kappa shape index (κ3) is 3.72. The van der Waals surface area contributed by atoms with Crippen LogP contribution in [0.5, 0.6) is 0 Å². The van der Waals surface area contributed by atoms with Gasteiger partial charge in [-0.3, -0.25) is 4.90 Å². The Hall–Kier alpha value is -2.34. The molecule has 0 saturated carbocycles. The second-order valence-electron chi connectivity index (χ2n) is 7.96. The van der Waals surface area contributed by atoms with Crippen molar-refractivity contribution in [3.05, 3.63) is 41.7 Å². The average Bonchev–Trinajstić information content (AvgIpc) is 2.94. The van der Waals surface area contributed by atoms with Crippen molar-refractivity contribution >= 4 is 11.7 Å². The number of benzene rings is 1. The molecule has 2 aliphatic rings. The number of likely N-dealkylation sites (tertiary alicyclic amines) is 2. The van der Waals surface area contributed by atoms with Crippen LogP contribution < -0.4 is 5.32 Å².